The molecule has 0 unspecified atom stereocenters. The number of aromatic nitrogens is 2. The SMILES string of the molecule is CC(C)(C(=O)Nc1cccc2cccnc12)C(=O)Nc1cccc2cccnc12. The molecule has 0 saturated heterocycles. The lowest BCUT2D eigenvalue weighted by atomic mass is 9.90. The summed E-state index contributed by atoms with van der Waals surface area (Å²) in [5.41, 5.74) is 1.19. The number of pyridine rings is 2. The van der Waals surface area contributed by atoms with E-state index in [-0.39, 0.29) is 0 Å². The highest BCUT2D eigenvalue weighted by Gasteiger charge is 2.36. The van der Waals surface area contributed by atoms with Crippen molar-refractivity contribution in [2.45, 2.75) is 13.8 Å². The van der Waals surface area contributed by atoms with Gasteiger partial charge in [-0.3, -0.25) is 19.6 Å². The van der Waals surface area contributed by atoms with Gasteiger partial charge >= 0.3 is 0 Å². The maximum Gasteiger partial charge on any atom is 0.239 e. The molecule has 2 aromatic carbocycles. The van der Waals surface area contributed by atoms with Crippen LogP contribution in [-0.2, 0) is 9.59 Å². The molecular weight excluding hydrogens is 364 g/mol. The van der Waals surface area contributed by atoms with Crippen LogP contribution in [0, 0.1) is 5.41 Å². The maximum atomic E-state index is 13.0. The maximum absolute atomic E-state index is 13.0. The molecule has 2 amide bonds. The van der Waals surface area contributed by atoms with Crippen LogP contribution in [0.25, 0.3) is 21.8 Å². The summed E-state index contributed by atoms with van der Waals surface area (Å²) in [5.74, 6) is -0.831. The molecule has 29 heavy (non-hydrogen) atoms. The van der Waals surface area contributed by atoms with Crippen LogP contribution >= 0.6 is 0 Å². The molecular formula is C23H20N4O2. The molecule has 0 aliphatic rings. The summed E-state index contributed by atoms with van der Waals surface area (Å²) in [5, 5.41) is 7.53. The Morgan fingerprint density at radius 1 is 0.690 bits per heavy atom. The van der Waals surface area contributed by atoms with Gasteiger partial charge in [-0.1, -0.05) is 36.4 Å². The van der Waals surface area contributed by atoms with E-state index >= 15 is 0 Å². The number of anilines is 2. The average Bonchev–Trinajstić information content (AvgIpc) is 2.74. The number of hydrogen-bond donors (Lipinski definition) is 2. The van der Waals surface area contributed by atoms with Crippen LogP contribution in [0.2, 0.25) is 0 Å². The van der Waals surface area contributed by atoms with Gasteiger partial charge in [0.25, 0.3) is 0 Å². The first-order valence-electron chi connectivity index (χ1n) is 9.27. The zero-order valence-electron chi connectivity index (χ0n) is 16.1. The second-order valence-electron chi connectivity index (χ2n) is 7.29. The van der Waals surface area contributed by atoms with Crippen LogP contribution in [0.1, 0.15) is 13.8 Å². The molecule has 2 heterocycles. The summed E-state index contributed by atoms with van der Waals surface area (Å²) >= 11 is 0. The molecule has 0 aliphatic heterocycles. The van der Waals surface area contributed by atoms with E-state index < -0.39 is 17.2 Å². The molecule has 0 spiro atoms. The zero-order chi connectivity index (χ0) is 20.4. The molecule has 144 valence electrons. The highest BCUT2D eigenvalue weighted by molar-refractivity contribution is 6.16. The Morgan fingerprint density at radius 2 is 1.10 bits per heavy atom. The molecule has 0 atom stereocenters. The van der Waals surface area contributed by atoms with E-state index in [1.54, 1.807) is 38.4 Å². The number of carbonyl (C=O) groups excluding carboxylic acids is 2. The Labute approximate surface area is 168 Å². The molecule has 0 radical (unpaired) electrons. The number of nitrogens with zero attached hydrogens (tertiary/aromatic N) is 2. The molecule has 0 aliphatic carbocycles. The number of amides is 2. The average molecular weight is 384 g/mol. The third-order valence-corrected chi connectivity index (χ3v) is 4.90. The monoisotopic (exact) mass is 384 g/mol. The summed E-state index contributed by atoms with van der Waals surface area (Å²) in [7, 11) is 0. The minimum Gasteiger partial charge on any atom is -0.323 e. The van der Waals surface area contributed by atoms with Gasteiger partial charge in [-0.05, 0) is 38.1 Å². The van der Waals surface area contributed by atoms with E-state index in [2.05, 4.69) is 20.6 Å². The standard InChI is InChI=1S/C23H20N4O2/c1-23(2,21(28)26-17-11-3-7-15-9-5-13-24-19(15)17)22(29)27-18-12-4-8-16-10-6-14-25-20(16)18/h3-14H,1-2H3,(H,26,28)(H,27,29). The molecule has 6 heteroatoms. The second kappa shape index (κ2) is 7.31. The quantitative estimate of drug-likeness (QED) is 0.511. The normalized spacial score (nSPS) is 11.4. The minimum atomic E-state index is -1.31. The summed E-state index contributed by atoms with van der Waals surface area (Å²) in [6.45, 7) is 3.18. The number of benzene rings is 2. The van der Waals surface area contributed by atoms with Gasteiger partial charge in [0.15, 0.2) is 0 Å². The lowest BCUT2D eigenvalue weighted by Gasteiger charge is -2.23. The summed E-state index contributed by atoms with van der Waals surface area (Å²) in [4.78, 5) is 34.6. The van der Waals surface area contributed by atoms with Gasteiger partial charge in [0, 0.05) is 23.2 Å². The Bertz CT molecular complexity index is 1130. The minimum absolute atomic E-state index is 0.415. The van der Waals surface area contributed by atoms with Crippen molar-refractivity contribution >= 4 is 45.0 Å². The zero-order valence-corrected chi connectivity index (χ0v) is 16.1. The van der Waals surface area contributed by atoms with Crippen molar-refractivity contribution in [3.63, 3.8) is 0 Å². The summed E-state index contributed by atoms with van der Waals surface area (Å²) in [6, 6.07) is 18.6. The fourth-order valence-corrected chi connectivity index (χ4v) is 3.07. The number of hydrogen-bond acceptors (Lipinski definition) is 4. The Balaban J connectivity index is 1.58. The van der Waals surface area contributed by atoms with Crippen molar-refractivity contribution < 1.29 is 9.59 Å². The molecule has 4 aromatic rings. The van der Waals surface area contributed by atoms with Gasteiger partial charge in [-0.25, -0.2) is 0 Å². The number of para-hydroxylation sites is 2. The number of nitrogens with one attached hydrogen (secondary N) is 2. The van der Waals surface area contributed by atoms with Crippen molar-refractivity contribution in [3.05, 3.63) is 73.1 Å². The van der Waals surface area contributed by atoms with Gasteiger partial charge in [-0.2, -0.15) is 0 Å². The van der Waals surface area contributed by atoms with E-state index in [9.17, 15) is 9.59 Å². The third-order valence-electron chi connectivity index (χ3n) is 4.90. The summed E-state index contributed by atoms with van der Waals surface area (Å²) < 4.78 is 0. The predicted octanol–water partition coefficient (Wildman–Crippen LogP) is 4.39. The lowest BCUT2D eigenvalue weighted by molar-refractivity contribution is -0.135. The third kappa shape index (κ3) is 3.52. The first-order chi connectivity index (χ1) is 14.0. The first-order valence-corrected chi connectivity index (χ1v) is 9.27. The van der Waals surface area contributed by atoms with Crippen LogP contribution in [0.15, 0.2) is 73.1 Å². The Kier molecular flexibility index (Phi) is 4.68. The predicted molar refractivity (Wildman–Crippen MR) is 115 cm³/mol. The molecule has 6 nitrogen and oxygen atoms in total. The van der Waals surface area contributed by atoms with Gasteiger partial charge in [0.2, 0.25) is 11.8 Å². The lowest BCUT2D eigenvalue weighted by Crippen LogP contribution is -2.41. The van der Waals surface area contributed by atoms with Crippen molar-refractivity contribution in [3.8, 4) is 0 Å². The van der Waals surface area contributed by atoms with Crippen LogP contribution in [0.5, 0.6) is 0 Å². The van der Waals surface area contributed by atoms with Crippen LogP contribution < -0.4 is 10.6 Å². The fraction of sp³-hybridized carbons (Fsp3) is 0.130. The highest BCUT2D eigenvalue weighted by atomic mass is 16.2. The van der Waals surface area contributed by atoms with E-state index in [0.717, 1.165) is 10.8 Å². The molecule has 4 rings (SSSR count). The first kappa shape index (κ1) is 18.6. The number of fused-ring (bicyclic) bond motifs is 2. The molecule has 2 N–H and O–H groups in total. The smallest absolute Gasteiger partial charge is 0.239 e. The van der Waals surface area contributed by atoms with Gasteiger partial charge in [-0.15, -0.1) is 0 Å². The summed E-state index contributed by atoms with van der Waals surface area (Å²) in [6.07, 6.45) is 3.34. The molecule has 0 fully saturated rings. The van der Waals surface area contributed by atoms with Crippen molar-refractivity contribution in [1.29, 1.82) is 0 Å². The van der Waals surface area contributed by atoms with Crippen molar-refractivity contribution in [2.75, 3.05) is 10.6 Å². The van der Waals surface area contributed by atoms with Crippen molar-refractivity contribution in [1.82, 2.24) is 9.97 Å². The van der Waals surface area contributed by atoms with Crippen LogP contribution in [0.3, 0.4) is 0 Å². The van der Waals surface area contributed by atoms with E-state index in [1.165, 1.54) is 0 Å². The van der Waals surface area contributed by atoms with Crippen LogP contribution in [-0.4, -0.2) is 21.8 Å². The Morgan fingerprint density at radius 3 is 1.55 bits per heavy atom. The Hall–Kier alpha value is -3.80. The van der Waals surface area contributed by atoms with Gasteiger partial charge in [0.05, 0.1) is 22.4 Å². The fourth-order valence-electron chi connectivity index (χ4n) is 3.07. The number of carbonyl (C=O) groups is 2. The van der Waals surface area contributed by atoms with Crippen LogP contribution in [0.4, 0.5) is 11.4 Å². The topological polar surface area (TPSA) is 84.0 Å². The molecule has 2 aromatic heterocycles. The highest BCUT2D eigenvalue weighted by Crippen LogP contribution is 2.27. The largest absolute Gasteiger partial charge is 0.323 e. The van der Waals surface area contributed by atoms with Crippen molar-refractivity contribution in [2.24, 2.45) is 5.41 Å². The van der Waals surface area contributed by atoms with E-state index in [4.69, 9.17) is 0 Å². The van der Waals surface area contributed by atoms with E-state index in [0.29, 0.717) is 22.4 Å². The molecule has 0 bridgehead atoms. The number of rotatable bonds is 4. The van der Waals surface area contributed by atoms with Gasteiger partial charge in [0.1, 0.15) is 5.41 Å². The second-order valence-corrected chi connectivity index (χ2v) is 7.29. The van der Waals surface area contributed by atoms with E-state index in [1.807, 2.05) is 48.5 Å². The molecule has 0 saturated carbocycles. The van der Waals surface area contributed by atoms with Gasteiger partial charge < -0.3 is 10.6 Å².